The van der Waals surface area contributed by atoms with E-state index in [1.165, 1.54) is 0 Å². The first-order chi connectivity index (χ1) is 6.75. The summed E-state index contributed by atoms with van der Waals surface area (Å²) in [5.41, 5.74) is 1.08. The first-order valence-corrected chi connectivity index (χ1v) is 5.18. The van der Waals surface area contributed by atoms with Crippen molar-refractivity contribution in [2.24, 2.45) is 0 Å². The van der Waals surface area contributed by atoms with Crippen LogP contribution in [-0.4, -0.2) is 19.5 Å². The molecule has 1 fully saturated rings. The maximum atomic E-state index is 5.89. The van der Waals surface area contributed by atoms with Crippen molar-refractivity contribution < 1.29 is 9.47 Å². The van der Waals surface area contributed by atoms with Gasteiger partial charge in [0.2, 0.25) is 0 Å². The van der Waals surface area contributed by atoms with Gasteiger partial charge in [-0.2, -0.15) is 0 Å². The Morgan fingerprint density at radius 3 is 2.50 bits per heavy atom. The molecule has 0 aliphatic carbocycles. The average Bonchev–Trinajstić information content (AvgIpc) is 2.64. The Bertz CT molecular complexity index is 322. The molecule has 0 N–H and O–H groups in total. The fourth-order valence-corrected chi connectivity index (χ4v) is 1.70. The maximum Gasteiger partial charge on any atom is 0.161 e. The Morgan fingerprint density at radius 2 is 1.86 bits per heavy atom. The third-order valence-electron chi connectivity index (χ3n) is 2.08. The fourth-order valence-electron chi connectivity index (χ4n) is 1.38. The van der Waals surface area contributed by atoms with Gasteiger partial charge in [-0.1, -0.05) is 29.3 Å². The van der Waals surface area contributed by atoms with E-state index >= 15 is 0 Å². The summed E-state index contributed by atoms with van der Waals surface area (Å²) >= 11 is 11.7. The van der Waals surface area contributed by atoms with Crippen molar-refractivity contribution in [2.75, 3.05) is 13.2 Å². The molecule has 0 atom stereocenters. The molecule has 0 spiro atoms. The molecule has 1 saturated heterocycles. The first-order valence-electron chi connectivity index (χ1n) is 4.43. The van der Waals surface area contributed by atoms with Crippen LogP contribution in [0.1, 0.15) is 5.56 Å². The highest BCUT2D eigenvalue weighted by Gasteiger charge is 2.16. The lowest BCUT2D eigenvalue weighted by atomic mass is 10.1. The fraction of sp³-hybridized carbons (Fsp3) is 0.400. The summed E-state index contributed by atoms with van der Waals surface area (Å²) in [6.45, 7) is 1.35. The van der Waals surface area contributed by atoms with Gasteiger partial charge in [0.05, 0.1) is 23.3 Å². The van der Waals surface area contributed by atoms with Crippen molar-refractivity contribution in [1.29, 1.82) is 0 Å². The Kier molecular flexibility index (Phi) is 3.29. The third kappa shape index (κ3) is 2.39. The Morgan fingerprint density at radius 1 is 1.14 bits per heavy atom. The van der Waals surface area contributed by atoms with Crippen molar-refractivity contribution in [2.45, 2.75) is 12.7 Å². The lowest BCUT2D eigenvalue weighted by Gasteiger charge is -2.09. The third-order valence-corrected chi connectivity index (χ3v) is 2.82. The molecular weight excluding hydrogens is 223 g/mol. The average molecular weight is 233 g/mol. The van der Waals surface area contributed by atoms with Crippen LogP contribution in [0.4, 0.5) is 0 Å². The van der Waals surface area contributed by atoms with E-state index < -0.39 is 0 Å². The molecule has 1 aliphatic heterocycles. The second-order valence-corrected chi connectivity index (χ2v) is 3.94. The zero-order valence-electron chi connectivity index (χ0n) is 7.50. The number of benzene rings is 1. The minimum Gasteiger partial charge on any atom is -0.350 e. The van der Waals surface area contributed by atoms with Crippen LogP contribution in [0.2, 0.25) is 10.0 Å². The van der Waals surface area contributed by atoms with Crippen molar-refractivity contribution in [3.05, 3.63) is 33.8 Å². The summed E-state index contributed by atoms with van der Waals surface area (Å²) in [6.07, 6.45) is 0.587. The zero-order valence-corrected chi connectivity index (χ0v) is 9.02. The van der Waals surface area contributed by atoms with Gasteiger partial charge in [0.15, 0.2) is 6.29 Å². The summed E-state index contributed by atoms with van der Waals surface area (Å²) < 4.78 is 10.7. The molecule has 0 radical (unpaired) electrons. The van der Waals surface area contributed by atoms with E-state index in [4.69, 9.17) is 32.7 Å². The quantitative estimate of drug-likeness (QED) is 0.781. The number of hydrogen-bond donors (Lipinski definition) is 0. The highest BCUT2D eigenvalue weighted by atomic mass is 35.5. The Balaban J connectivity index is 2.05. The van der Waals surface area contributed by atoms with Crippen LogP contribution in [0.25, 0.3) is 0 Å². The lowest BCUT2D eigenvalue weighted by Crippen LogP contribution is -2.11. The topological polar surface area (TPSA) is 18.5 Å². The summed E-state index contributed by atoms with van der Waals surface area (Å²) in [7, 11) is 0. The summed E-state index contributed by atoms with van der Waals surface area (Å²) in [4.78, 5) is 0. The van der Waals surface area contributed by atoms with Gasteiger partial charge in [-0.25, -0.2) is 0 Å². The van der Waals surface area contributed by atoms with Crippen LogP contribution < -0.4 is 0 Å². The van der Waals surface area contributed by atoms with Gasteiger partial charge in [-0.05, 0) is 17.7 Å². The molecule has 0 saturated carbocycles. The van der Waals surface area contributed by atoms with E-state index in [0.29, 0.717) is 23.3 Å². The van der Waals surface area contributed by atoms with Crippen LogP contribution in [0.5, 0.6) is 0 Å². The maximum absolute atomic E-state index is 5.89. The molecule has 76 valence electrons. The van der Waals surface area contributed by atoms with E-state index in [0.717, 1.165) is 12.0 Å². The van der Waals surface area contributed by atoms with Gasteiger partial charge in [-0.15, -0.1) is 0 Å². The molecule has 1 heterocycles. The lowest BCUT2D eigenvalue weighted by molar-refractivity contribution is -0.0399. The summed E-state index contributed by atoms with van der Waals surface area (Å²) in [5.74, 6) is 0. The van der Waals surface area contributed by atoms with Gasteiger partial charge < -0.3 is 9.47 Å². The number of ether oxygens (including phenoxy) is 2. The Hall–Kier alpha value is -0.280. The molecule has 0 unspecified atom stereocenters. The van der Waals surface area contributed by atoms with Crippen LogP contribution in [0.15, 0.2) is 18.2 Å². The number of hydrogen-bond acceptors (Lipinski definition) is 2. The molecule has 1 aromatic carbocycles. The molecular formula is C10H10Cl2O2. The van der Waals surface area contributed by atoms with E-state index in [1.807, 2.05) is 12.1 Å². The molecule has 2 rings (SSSR count). The zero-order chi connectivity index (χ0) is 9.97. The molecule has 4 heteroatoms. The van der Waals surface area contributed by atoms with E-state index in [-0.39, 0.29) is 6.29 Å². The molecule has 1 aromatic rings. The smallest absolute Gasteiger partial charge is 0.161 e. The highest BCUT2D eigenvalue weighted by molar-refractivity contribution is 6.42. The van der Waals surface area contributed by atoms with Crippen LogP contribution in [0, 0.1) is 0 Å². The summed E-state index contributed by atoms with van der Waals surface area (Å²) in [6, 6.07) is 5.56. The van der Waals surface area contributed by atoms with E-state index in [2.05, 4.69) is 0 Å². The minimum atomic E-state index is -0.132. The van der Waals surface area contributed by atoms with Crippen LogP contribution in [0.3, 0.4) is 0 Å². The molecule has 0 aromatic heterocycles. The molecule has 14 heavy (non-hydrogen) atoms. The molecule has 0 amide bonds. The normalized spacial score (nSPS) is 17.6. The second kappa shape index (κ2) is 4.49. The second-order valence-electron chi connectivity index (χ2n) is 3.12. The van der Waals surface area contributed by atoms with Crippen LogP contribution >= 0.6 is 23.2 Å². The monoisotopic (exact) mass is 232 g/mol. The number of rotatable bonds is 2. The first kappa shape index (κ1) is 10.2. The van der Waals surface area contributed by atoms with Crippen molar-refractivity contribution >= 4 is 23.2 Å². The number of halogens is 2. The standard InChI is InChI=1S/C10H10Cl2O2/c11-8-2-1-7(5-9(8)12)6-10-13-3-4-14-10/h1-2,5,10H,3-4,6H2. The predicted molar refractivity (Wildman–Crippen MR) is 55.9 cm³/mol. The largest absolute Gasteiger partial charge is 0.350 e. The van der Waals surface area contributed by atoms with Crippen molar-refractivity contribution in [3.63, 3.8) is 0 Å². The minimum absolute atomic E-state index is 0.132. The van der Waals surface area contributed by atoms with Gasteiger partial charge in [0.25, 0.3) is 0 Å². The SMILES string of the molecule is Clc1ccc(CC2OCCO2)cc1Cl. The van der Waals surface area contributed by atoms with E-state index in [1.54, 1.807) is 6.07 Å². The Labute approximate surface area is 92.7 Å². The van der Waals surface area contributed by atoms with Crippen molar-refractivity contribution in [1.82, 2.24) is 0 Å². The van der Waals surface area contributed by atoms with Gasteiger partial charge in [0, 0.05) is 6.42 Å². The molecule has 0 bridgehead atoms. The van der Waals surface area contributed by atoms with Gasteiger partial charge in [-0.3, -0.25) is 0 Å². The molecule has 1 aliphatic rings. The van der Waals surface area contributed by atoms with Crippen molar-refractivity contribution in [3.8, 4) is 0 Å². The van der Waals surface area contributed by atoms with Crippen LogP contribution in [-0.2, 0) is 15.9 Å². The summed E-state index contributed by atoms with van der Waals surface area (Å²) in [5, 5.41) is 1.14. The predicted octanol–water partition coefficient (Wildman–Crippen LogP) is 2.91. The van der Waals surface area contributed by atoms with Gasteiger partial charge in [0.1, 0.15) is 0 Å². The van der Waals surface area contributed by atoms with E-state index in [9.17, 15) is 0 Å². The molecule has 2 nitrogen and oxygen atoms in total. The van der Waals surface area contributed by atoms with Gasteiger partial charge >= 0.3 is 0 Å². The highest BCUT2D eigenvalue weighted by Crippen LogP contribution is 2.24.